The lowest BCUT2D eigenvalue weighted by atomic mass is 9.85. The first kappa shape index (κ1) is 17.0. The number of aromatic amines is 1. The molecule has 1 aliphatic rings. The van der Waals surface area contributed by atoms with Crippen LogP contribution in [-0.2, 0) is 11.2 Å². The van der Waals surface area contributed by atoms with Crippen LogP contribution in [0.2, 0.25) is 0 Å². The van der Waals surface area contributed by atoms with Gasteiger partial charge in [-0.25, -0.2) is 4.98 Å². The maximum atomic E-state index is 12.8. The van der Waals surface area contributed by atoms with Crippen molar-refractivity contribution in [1.82, 2.24) is 14.9 Å². The summed E-state index contributed by atoms with van der Waals surface area (Å²) in [6.07, 6.45) is 0.441. The summed E-state index contributed by atoms with van der Waals surface area (Å²) in [6.45, 7) is 1.54. The van der Waals surface area contributed by atoms with Crippen molar-refractivity contribution in [2.24, 2.45) is 0 Å². The van der Waals surface area contributed by atoms with Gasteiger partial charge in [-0.05, 0) is 11.1 Å². The Bertz CT molecular complexity index is 1030. The average molecular weight is 360 g/mol. The van der Waals surface area contributed by atoms with E-state index in [-0.39, 0.29) is 23.5 Å². The van der Waals surface area contributed by atoms with Gasteiger partial charge in [0.15, 0.2) is 0 Å². The van der Waals surface area contributed by atoms with Gasteiger partial charge in [-0.1, -0.05) is 60.7 Å². The molecule has 2 atom stereocenters. The number of H-pyrrole nitrogens is 1. The number of nitrogens with two attached hydrogens (primary N) is 1. The molecule has 2 heterocycles. The number of nitrogen functional groups attached to an aromatic ring is 1. The minimum absolute atomic E-state index is 0.0913. The zero-order valence-electron chi connectivity index (χ0n) is 14.9. The lowest BCUT2D eigenvalue weighted by Gasteiger charge is -2.42. The van der Waals surface area contributed by atoms with Crippen LogP contribution in [0.4, 0.5) is 5.95 Å². The van der Waals surface area contributed by atoms with Gasteiger partial charge in [-0.15, -0.1) is 0 Å². The maximum Gasteiger partial charge on any atom is 0.258 e. The highest BCUT2D eigenvalue weighted by molar-refractivity contribution is 5.76. The van der Waals surface area contributed by atoms with E-state index < -0.39 is 6.04 Å². The van der Waals surface area contributed by atoms with Crippen LogP contribution < -0.4 is 11.3 Å². The van der Waals surface area contributed by atoms with Crippen LogP contribution in [0.3, 0.4) is 0 Å². The minimum atomic E-state index is -0.519. The third kappa shape index (κ3) is 2.99. The van der Waals surface area contributed by atoms with Crippen molar-refractivity contribution in [2.45, 2.75) is 25.4 Å². The molecule has 4 rings (SSSR count). The van der Waals surface area contributed by atoms with E-state index in [1.807, 2.05) is 60.7 Å². The molecule has 0 aliphatic carbocycles. The first-order valence-electron chi connectivity index (χ1n) is 8.83. The average Bonchev–Trinajstić information content (AvgIpc) is 2.67. The summed E-state index contributed by atoms with van der Waals surface area (Å²) in [5.74, 6) is -0.00627. The van der Waals surface area contributed by atoms with Crippen molar-refractivity contribution >= 4 is 11.9 Å². The summed E-state index contributed by atoms with van der Waals surface area (Å²) in [5, 5.41) is 0. The van der Waals surface area contributed by atoms with Gasteiger partial charge in [0.05, 0.1) is 23.3 Å². The van der Waals surface area contributed by atoms with E-state index in [1.54, 1.807) is 4.90 Å². The van der Waals surface area contributed by atoms with Crippen molar-refractivity contribution in [3.8, 4) is 0 Å². The van der Waals surface area contributed by atoms with Crippen LogP contribution >= 0.6 is 0 Å². The standard InChI is InChI=1S/C21H20N4O2/c1-13(26)25-17(14-8-4-2-5-9-14)12-16-18(20(27)24-21(22)23-16)19(25)15-10-6-3-7-11-15/h2-11,17,19H,12H2,1H3,(H3,22,23,24,27). The number of benzene rings is 2. The molecule has 2 unspecified atom stereocenters. The Kier molecular flexibility index (Phi) is 4.24. The number of rotatable bonds is 2. The Morgan fingerprint density at radius 2 is 1.67 bits per heavy atom. The molecule has 0 bridgehead atoms. The molecule has 3 N–H and O–H groups in total. The van der Waals surface area contributed by atoms with Gasteiger partial charge in [0.1, 0.15) is 0 Å². The zero-order valence-corrected chi connectivity index (χ0v) is 14.9. The molecular weight excluding hydrogens is 340 g/mol. The number of fused-ring (bicyclic) bond motifs is 1. The molecule has 0 spiro atoms. The molecule has 3 aromatic rings. The fraction of sp³-hybridized carbons (Fsp3) is 0.190. The normalized spacial score (nSPS) is 18.8. The van der Waals surface area contributed by atoms with Crippen LogP contribution in [0.15, 0.2) is 65.5 Å². The number of hydrogen-bond donors (Lipinski definition) is 2. The van der Waals surface area contributed by atoms with Crippen molar-refractivity contribution in [1.29, 1.82) is 0 Å². The Balaban J connectivity index is 1.98. The SMILES string of the molecule is CC(=O)N1C(c2ccccc2)Cc2nc(N)[nH]c(=O)c2C1c1ccccc1. The second kappa shape index (κ2) is 6.72. The highest BCUT2D eigenvalue weighted by atomic mass is 16.2. The molecule has 6 nitrogen and oxygen atoms in total. The van der Waals surface area contributed by atoms with E-state index in [0.29, 0.717) is 17.7 Å². The van der Waals surface area contributed by atoms with Crippen molar-refractivity contribution < 1.29 is 4.79 Å². The predicted molar refractivity (Wildman–Crippen MR) is 103 cm³/mol. The molecule has 2 aromatic carbocycles. The van der Waals surface area contributed by atoms with Gasteiger partial charge >= 0.3 is 0 Å². The summed E-state index contributed by atoms with van der Waals surface area (Å²) in [7, 11) is 0. The number of carbonyl (C=O) groups is 1. The topological polar surface area (TPSA) is 92.1 Å². The number of amides is 1. The Hall–Kier alpha value is -3.41. The van der Waals surface area contributed by atoms with Gasteiger partial charge in [-0.3, -0.25) is 14.6 Å². The second-order valence-electron chi connectivity index (χ2n) is 6.68. The van der Waals surface area contributed by atoms with Gasteiger partial charge in [0, 0.05) is 13.3 Å². The summed E-state index contributed by atoms with van der Waals surface area (Å²) < 4.78 is 0. The van der Waals surface area contributed by atoms with E-state index in [2.05, 4.69) is 9.97 Å². The van der Waals surface area contributed by atoms with E-state index in [9.17, 15) is 9.59 Å². The van der Waals surface area contributed by atoms with Crippen LogP contribution in [0.25, 0.3) is 0 Å². The number of anilines is 1. The van der Waals surface area contributed by atoms with Crippen LogP contribution in [0.5, 0.6) is 0 Å². The first-order chi connectivity index (χ1) is 13.1. The zero-order chi connectivity index (χ0) is 19.0. The smallest absolute Gasteiger partial charge is 0.258 e. The second-order valence-corrected chi connectivity index (χ2v) is 6.68. The number of aromatic nitrogens is 2. The predicted octanol–water partition coefficient (Wildman–Crippen LogP) is 2.59. The largest absolute Gasteiger partial charge is 0.369 e. The van der Waals surface area contributed by atoms with Crippen LogP contribution in [0, 0.1) is 0 Å². The first-order valence-corrected chi connectivity index (χ1v) is 8.83. The third-order valence-corrected chi connectivity index (χ3v) is 4.99. The summed E-state index contributed by atoms with van der Waals surface area (Å²) in [6, 6.07) is 18.6. The molecule has 0 saturated carbocycles. The van der Waals surface area contributed by atoms with Crippen molar-refractivity contribution in [3.05, 3.63) is 93.4 Å². The Labute approximate surface area is 156 Å². The van der Waals surface area contributed by atoms with Gasteiger partial charge < -0.3 is 10.6 Å². The summed E-state index contributed by atoms with van der Waals surface area (Å²) in [4.78, 5) is 34.3. The molecule has 0 saturated heterocycles. The molecule has 1 amide bonds. The fourth-order valence-corrected chi connectivity index (χ4v) is 3.90. The van der Waals surface area contributed by atoms with Gasteiger partial charge in [-0.2, -0.15) is 0 Å². The monoisotopic (exact) mass is 360 g/mol. The highest BCUT2D eigenvalue weighted by Crippen LogP contribution is 2.41. The molecule has 27 heavy (non-hydrogen) atoms. The lowest BCUT2D eigenvalue weighted by molar-refractivity contribution is -0.134. The maximum absolute atomic E-state index is 12.8. The molecule has 0 radical (unpaired) electrons. The van der Waals surface area contributed by atoms with E-state index in [0.717, 1.165) is 11.1 Å². The Morgan fingerprint density at radius 3 is 2.26 bits per heavy atom. The number of carbonyl (C=O) groups excluding carboxylic acids is 1. The molecule has 6 heteroatoms. The van der Waals surface area contributed by atoms with Crippen LogP contribution in [-0.4, -0.2) is 20.8 Å². The fourth-order valence-electron chi connectivity index (χ4n) is 3.90. The van der Waals surface area contributed by atoms with Crippen LogP contribution in [0.1, 0.15) is 41.4 Å². The Morgan fingerprint density at radius 1 is 1.07 bits per heavy atom. The molecule has 1 aromatic heterocycles. The van der Waals surface area contributed by atoms with E-state index in [1.165, 1.54) is 6.92 Å². The van der Waals surface area contributed by atoms with E-state index >= 15 is 0 Å². The van der Waals surface area contributed by atoms with Gasteiger partial charge in [0.2, 0.25) is 11.9 Å². The number of nitrogens with zero attached hydrogens (tertiary/aromatic N) is 2. The summed E-state index contributed by atoms with van der Waals surface area (Å²) in [5.41, 5.74) is 8.48. The summed E-state index contributed by atoms with van der Waals surface area (Å²) >= 11 is 0. The van der Waals surface area contributed by atoms with E-state index in [4.69, 9.17) is 5.73 Å². The quantitative estimate of drug-likeness (QED) is 0.735. The third-order valence-electron chi connectivity index (χ3n) is 4.99. The highest BCUT2D eigenvalue weighted by Gasteiger charge is 2.40. The van der Waals surface area contributed by atoms with Gasteiger partial charge in [0.25, 0.3) is 5.56 Å². The number of hydrogen-bond acceptors (Lipinski definition) is 4. The molecular formula is C21H20N4O2. The van der Waals surface area contributed by atoms with Crippen molar-refractivity contribution in [2.75, 3.05) is 5.73 Å². The molecule has 136 valence electrons. The van der Waals surface area contributed by atoms with Crippen molar-refractivity contribution in [3.63, 3.8) is 0 Å². The lowest BCUT2D eigenvalue weighted by Crippen LogP contribution is -2.45. The molecule has 1 aliphatic heterocycles. The number of nitrogens with one attached hydrogen (secondary N) is 1. The minimum Gasteiger partial charge on any atom is -0.369 e. The molecule has 0 fully saturated rings.